The van der Waals surface area contributed by atoms with Crippen LogP contribution in [0.25, 0.3) is 16.7 Å². The van der Waals surface area contributed by atoms with Crippen molar-refractivity contribution >= 4 is 20.6 Å². The number of aromatic nitrogens is 3. The standard InChI is InChI=1S/C24H33N3O3Si/c1-6-29-23(30-7-2)31-14-10-11-17-15-18(24(3,4)5)22(28)21(16-17)27-25-19-12-8-9-13-20(19)26-27/h8-9,12-13,15-16,23,28H,6-7,10-11,14H2,1-5H3. The van der Waals surface area contributed by atoms with Crippen LogP contribution in [0.4, 0.5) is 0 Å². The lowest BCUT2D eigenvalue weighted by Gasteiger charge is -2.23. The van der Waals surface area contributed by atoms with Crippen LogP contribution >= 0.6 is 0 Å². The highest BCUT2D eigenvalue weighted by Gasteiger charge is 2.23. The Morgan fingerprint density at radius 3 is 2.19 bits per heavy atom. The van der Waals surface area contributed by atoms with Crippen molar-refractivity contribution < 1.29 is 14.6 Å². The summed E-state index contributed by atoms with van der Waals surface area (Å²) in [5, 5.41) is 20.2. The fraction of sp³-hybridized carbons (Fsp3) is 0.500. The maximum absolute atomic E-state index is 11.1. The van der Waals surface area contributed by atoms with E-state index in [2.05, 4.69) is 37.0 Å². The van der Waals surface area contributed by atoms with Crippen molar-refractivity contribution in [3.8, 4) is 11.4 Å². The Bertz CT molecular complexity index is 958. The minimum absolute atomic E-state index is 0.101. The van der Waals surface area contributed by atoms with E-state index in [0.717, 1.165) is 35.5 Å². The van der Waals surface area contributed by atoms with Gasteiger partial charge in [-0.05, 0) is 49.4 Å². The fourth-order valence-electron chi connectivity index (χ4n) is 3.49. The van der Waals surface area contributed by atoms with Gasteiger partial charge in [-0.15, -0.1) is 15.0 Å². The molecule has 0 atom stereocenters. The number of ether oxygens (including phenoxy) is 2. The van der Waals surface area contributed by atoms with E-state index in [1.807, 2.05) is 44.2 Å². The van der Waals surface area contributed by atoms with Crippen LogP contribution in [-0.2, 0) is 21.3 Å². The summed E-state index contributed by atoms with van der Waals surface area (Å²) in [4.78, 5) is 1.56. The van der Waals surface area contributed by atoms with Crippen LogP contribution in [0.3, 0.4) is 0 Å². The summed E-state index contributed by atoms with van der Waals surface area (Å²) in [5.74, 6) is 0.141. The lowest BCUT2D eigenvalue weighted by atomic mass is 9.84. The first-order chi connectivity index (χ1) is 14.8. The molecule has 0 bridgehead atoms. The van der Waals surface area contributed by atoms with E-state index in [4.69, 9.17) is 9.47 Å². The zero-order chi connectivity index (χ0) is 22.4. The summed E-state index contributed by atoms with van der Waals surface area (Å²) in [6, 6.07) is 12.9. The molecule has 7 heteroatoms. The molecule has 0 aliphatic carbocycles. The zero-order valence-corrected chi connectivity index (χ0v) is 20.2. The Labute approximate surface area is 187 Å². The van der Waals surface area contributed by atoms with Gasteiger partial charge in [-0.1, -0.05) is 51.4 Å². The molecular weight excluding hydrogens is 406 g/mol. The van der Waals surface area contributed by atoms with Gasteiger partial charge in [0.05, 0.1) is 0 Å². The Morgan fingerprint density at radius 1 is 1.03 bits per heavy atom. The van der Waals surface area contributed by atoms with E-state index in [-0.39, 0.29) is 17.1 Å². The number of nitrogens with zero attached hydrogens (tertiary/aromatic N) is 3. The third kappa shape index (κ3) is 5.93. The highest BCUT2D eigenvalue weighted by atomic mass is 28.2. The van der Waals surface area contributed by atoms with Gasteiger partial charge < -0.3 is 14.6 Å². The van der Waals surface area contributed by atoms with Crippen molar-refractivity contribution in [3.63, 3.8) is 0 Å². The molecule has 3 rings (SSSR count). The Morgan fingerprint density at radius 2 is 1.65 bits per heavy atom. The number of aryl methyl sites for hydroxylation is 1. The first kappa shape index (κ1) is 23.4. The largest absolute Gasteiger partial charge is 0.505 e. The van der Waals surface area contributed by atoms with E-state index >= 15 is 0 Å². The molecule has 0 saturated carbocycles. The second-order valence-electron chi connectivity index (χ2n) is 8.54. The van der Waals surface area contributed by atoms with Crippen LogP contribution in [0, 0.1) is 0 Å². The number of rotatable bonds is 10. The maximum Gasteiger partial charge on any atom is 0.146 e. The first-order valence-electron chi connectivity index (χ1n) is 11.0. The van der Waals surface area contributed by atoms with Gasteiger partial charge in [-0.2, -0.15) is 0 Å². The number of phenolic OH excluding ortho intramolecular Hbond substituents is 1. The summed E-state index contributed by atoms with van der Waals surface area (Å²) >= 11 is 0. The molecule has 0 saturated heterocycles. The second kappa shape index (κ2) is 10.4. The van der Waals surface area contributed by atoms with Gasteiger partial charge in [0.1, 0.15) is 37.9 Å². The lowest BCUT2D eigenvalue weighted by molar-refractivity contribution is -0.0827. The molecule has 31 heavy (non-hydrogen) atoms. The smallest absolute Gasteiger partial charge is 0.146 e. The topological polar surface area (TPSA) is 69.4 Å². The second-order valence-corrected chi connectivity index (χ2v) is 9.92. The molecule has 3 aromatic rings. The molecule has 0 unspecified atom stereocenters. The third-order valence-corrected chi connectivity index (χ3v) is 6.36. The molecule has 0 aliphatic rings. The quantitative estimate of drug-likeness (QED) is 0.278. The average Bonchev–Trinajstić information content (AvgIpc) is 3.15. The first-order valence-corrected chi connectivity index (χ1v) is 12.3. The van der Waals surface area contributed by atoms with Gasteiger partial charge in [0.25, 0.3) is 0 Å². The van der Waals surface area contributed by atoms with Crippen molar-refractivity contribution in [2.75, 3.05) is 13.2 Å². The van der Waals surface area contributed by atoms with E-state index in [1.165, 1.54) is 5.56 Å². The van der Waals surface area contributed by atoms with Gasteiger partial charge in [0.2, 0.25) is 0 Å². The SMILES string of the molecule is CCOC(OCC)[Si]CCCc1cc(-n2nc3ccccc3n2)c(O)c(C(C)(C)C)c1. The van der Waals surface area contributed by atoms with Crippen LogP contribution in [0.2, 0.25) is 6.04 Å². The molecule has 0 aliphatic heterocycles. The maximum atomic E-state index is 11.1. The Hall–Kier alpha value is -2.22. The molecule has 1 heterocycles. The lowest BCUT2D eigenvalue weighted by Crippen LogP contribution is -2.24. The predicted molar refractivity (Wildman–Crippen MR) is 125 cm³/mol. The molecule has 1 aromatic heterocycles. The van der Waals surface area contributed by atoms with Crippen molar-refractivity contribution in [2.24, 2.45) is 0 Å². The number of hydrogen-bond donors (Lipinski definition) is 1. The summed E-state index contributed by atoms with van der Waals surface area (Å²) in [7, 11) is 0.612. The molecule has 2 aromatic carbocycles. The summed E-state index contributed by atoms with van der Waals surface area (Å²) in [6.45, 7) is 11.7. The van der Waals surface area contributed by atoms with Crippen LogP contribution in [0.5, 0.6) is 5.75 Å². The fourth-order valence-corrected chi connectivity index (χ4v) is 4.68. The summed E-state index contributed by atoms with van der Waals surface area (Å²) in [6.07, 6.45) is 1.94. The normalized spacial score (nSPS) is 12.2. The number of benzene rings is 2. The average molecular weight is 440 g/mol. The molecule has 6 nitrogen and oxygen atoms in total. The van der Waals surface area contributed by atoms with Crippen LogP contribution in [0.1, 0.15) is 52.2 Å². The third-order valence-electron chi connectivity index (χ3n) is 5.05. The van der Waals surface area contributed by atoms with Crippen LogP contribution in [-0.4, -0.2) is 48.7 Å². The van der Waals surface area contributed by atoms with Crippen LogP contribution in [0.15, 0.2) is 36.4 Å². The van der Waals surface area contributed by atoms with Crippen molar-refractivity contribution in [1.29, 1.82) is 0 Å². The number of phenols is 1. The monoisotopic (exact) mass is 439 g/mol. The van der Waals surface area contributed by atoms with E-state index < -0.39 is 0 Å². The number of fused-ring (bicyclic) bond motifs is 1. The van der Waals surface area contributed by atoms with Crippen LogP contribution < -0.4 is 0 Å². The number of aromatic hydroxyl groups is 1. The van der Waals surface area contributed by atoms with Gasteiger partial charge in [0, 0.05) is 18.8 Å². The minimum Gasteiger partial charge on any atom is -0.505 e. The summed E-state index contributed by atoms with van der Waals surface area (Å²) < 4.78 is 11.3. The highest BCUT2D eigenvalue weighted by molar-refractivity contribution is 6.36. The van der Waals surface area contributed by atoms with Gasteiger partial charge in [-0.25, -0.2) is 0 Å². The molecule has 0 spiro atoms. The van der Waals surface area contributed by atoms with E-state index in [1.54, 1.807) is 4.80 Å². The molecular formula is C24H33N3O3Si. The van der Waals surface area contributed by atoms with E-state index in [9.17, 15) is 5.11 Å². The van der Waals surface area contributed by atoms with Crippen molar-refractivity contribution in [2.45, 2.75) is 64.8 Å². The van der Waals surface area contributed by atoms with Gasteiger partial charge >= 0.3 is 0 Å². The number of hydrogen-bond acceptors (Lipinski definition) is 5. The Balaban J connectivity index is 1.83. The Kier molecular flexibility index (Phi) is 7.86. The molecule has 2 radical (unpaired) electrons. The predicted octanol–water partition coefficient (Wildman–Crippen LogP) is 4.84. The minimum atomic E-state index is -0.196. The molecule has 0 fully saturated rings. The van der Waals surface area contributed by atoms with Gasteiger partial charge in [0.15, 0.2) is 0 Å². The molecule has 166 valence electrons. The zero-order valence-electron chi connectivity index (χ0n) is 19.2. The highest BCUT2D eigenvalue weighted by Crippen LogP contribution is 2.36. The molecule has 1 N–H and O–H groups in total. The van der Waals surface area contributed by atoms with E-state index in [0.29, 0.717) is 28.4 Å². The van der Waals surface area contributed by atoms with Crippen molar-refractivity contribution in [3.05, 3.63) is 47.5 Å². The molecule has 0 amide bonds. The van der Waals surface area contributed by atoms with Crippen molar-refractivity contribution in [1.82, 2.24) is 15.0 Å². The van der Waals surface area contributed by atoms with Gasteiger partial charge in [-0.3, -0.25) is 0 Å². The summed E-state index contributed by atoms with van der Waals surface area (Å²) in [5.41, 5.74) is 4.13.